The van der Waals surface area contributed by atoms with E-state index in [4.69, 9.17) is 4.74 Å². The molecule has 1 atom stereocenters. The maximum absolute atomic E-state index is 13.3. The van der Waals surface area contributed by atoms with Gasteiger partial charge in [-0.05, 0) is 17.7 Å². The van der Waals surface area contributed by atoms with E-state index in [1.807, 2.05) is 43.4 Å². The number of ether oxygens (including phenoxy) is 1. The summed E-state index contributed by atoms with van der Waals surface area (Å²) in [5.74, 6) is -0.111. The number of aryl methyl sites for hydroxylation is 1. The highest BCUT2D eigenvalue weighted by atomic mass is 16.5. The lowest BCUT2D eigenvalue weighted by Gasteiger charge is -2.31. The topological polar surface area (TPSA) is 54.8 Å². The zero-order chi connectivity index (χ0) is 20.0. The van der Waals surface area contributed by atoms with E-state index in [-0.39, 0.29) is 24.4 Å². The second kappa shape index (κ2) is 7.04. The van der Waals surface area contributed by atoms with Crippen LogP contribution in [-0.4, -0.2) is 59.0 Å². The van der Waals surface area contributed by atoms with Crippen molar-refractivity contribution in [3.63, 3.8) is 0 Å². The Morgan fingerprint density at radius 2 is 1.76 bits per heavy atom. The van der Waals surface area contributed by atoms with Crippen LogP contribution >= 0.6 is 0 Å². The fourth-order valence-corrected chi connectivity index (χ4v) is 4.52. The molecule has 6 heteroatoms. The molecule has 2 aromatic carbocycles. The number of aromatic nitrogens is 1. The van der Waals surface area contributed by atoms with Crippen molar-refractivity contribution < 1.29 is 14.3 Å². The maximum atomic E-state index is 13.3. The number of carbonyl (C=O) groups excluding carboxylic acids is 2. The van der Waals surface area contributed by atoms with Crippen molar-refractivity contribution in [1.29, 1.82) is 0 Å². The molecule has 1 saturated heterocycles. The number of fused-ring (bicyclic) bond motifs is 2. The van der Waals surface area contributed by atoms with E-state index in [2.05, 4.69) is 22.9 Å². The highest BCUT2D eigenvalue weighted by Crippen LogP contribution is 2.41. The van der Waals surface area contributed by atoms with Crippen molar-refractivity contribution in [3.8, 4) is 0 Å². The molecule has 0 N–H and O–H groups in total. The highest BCUT2D eigenvalue weighted by molar-refractivity contribution is 6.02. The average molecular weight is 389 g/mol. The van der Waals surface area contributed by atoms with Gasteiger partial charge in [-0.15, -0.1) is 0 Å². The quantitative estimate of drug-likeness (QED) is 0.692. The summed E-state index contributed by atoms with van der Waals surface area (Å²) < 4.78 is 7.44. The van der Waals surface area contributed by atoms with Gasteiger partial charge >= 0.3 is 0 Å². The number of nitrogens with zero attached hydrogens (tertiary/aromatic N) is 3. The zero-order valence-corrected chi connectivity index (χ0v) is 16.4. The Hall–Kier alpha value is -3.12. The number of amides is 2. The Labute approximate surface area is 169 Å². The Morgan fingerprint density at radius 1 is 1.03 bits per heavy atom. The molecule has 2 aliphatic heterocycles. The first-order valence-electron chi connectivity index (χ1n) is 9.94. The Balaban J connectivity index is 1.58. The number of carbonyl (C=O) groups is 2. The van der Waals surface area contributed by atoms with Crippen molar-refractivity contribution in [2.45, 2.75) is 6.04 Å². The van der Waals surface area contributed by atoms with Gasteiger partial charge in [0.05, 0.1) is 19.3 Å². The van der Waals surface area contributed by atoms with Gasteiger partial charge in [0.2, 0.25) is 5.91 Å². The minimum absolute atomic E-state index is 0.0281. The Kier molecular flexibility index (Phi) is 4.36. The predicted octanol–water partition coefficient (Wildman–Crippen LogP) is 2.58. The molecule has 2 aliphatic rings. The third kappa shape index (κ3) is 2.91. The lowest BCUT2D eigenvalue weighted by Crippen LogP contribution is -2.46. The molecule has 3 heterocycles. The van der Waals surface area contributed by atoms with Gasteiger partial charge in [0, 0.05) is 48.4 Å². The molecule has 0 radical (unpaired) electrons. The van der Waals surface area contributed by atoms with Crippen LogP contribution in [-0.2, 0) is 16.6 Å². The standard InChI is InChI=1S/C23H23N3O3/c1-24-14-19(16-6-4-5-9-20(16)24)22-17-7-2-3-8-18(17)23(28)26(22)15-21(27)25-10-12-29-13-11-25/h2-9,14,22H,10-13,15H2,1H3/t22-/m1/s1. The first-order chi connectivity index (χ1) is 14.1. The summed E-state index contributed by atoms with van der Waals surface area (Å²) in [4.78, 5) is 29.8. The first-order valence-corrected chi connectivity index (χ1v) is 9.94. The Bertz CT molecular complexity index is 1100. The predicted molar refractivity (Wildman–Crippen MR) is 110 cm³/mol. The number of benzene rings is 2. The first kappa shape index (κ1) is 17.9. The van der Waals surface area contributed by atoms with E-state index in [0.29, 0.717) is 31.9 Å². The molecular formula is C23H23N3O3. The van der Waals surface area contributed by atoms with E-state index in [0.717, 1.165) is 22.0 Å². The van der Waals surface area contributed by atoms with Crippen LogP contribution in [0.2, 0.25) is 0 Å². The molecule has 0 unspecified atom stereocenters. The van der Waals surface area contributed by atoms with Gasteiger partial charge < -0.3 is 19.1 Å². The van der Waals surface area contributed by atoms with Gasteiger partial charge in [-0.25, -0.2) is 0 Å². The van der Waals surface area contributed by atoms with Crippen molar-refractivity contribution in [2.75, 3.05) is 32.8 Å². The lowest BCUT2D eigenvalue weighted by atomic mass is 9.97. The molecular weight excluding hydrogens is 366 g/mol. The molecule has 0 spiro atoms. The fourth-order valence-electron chi connectivity index (χ4n) is 4.52. The number of rotatable bonds is 3. The van der Waals surface area contributed by atoms with Crippen molar-refractivity contribution in [3.05, 3.63) is 71.4 Å². The van der Waals surface area contributed by atoms with Gasteiger partial charge in [0.1, 0.15) is 6.54 Å². The second-order valence-corrected chi connectivity index (χ2v) is 7.63. The fraction of sp³-hybridized carbons (Fsp3) is 0.304. The maximum Gasteiger partial charge on any atom is 0.255 e. The molecule has 148 valence electrons. The van der Waals surface area contributed by atoms with Gasteiger partial charge in [-0.2, -0.15) is 0 Å². The monoisotopic (exact) mass is 389 g/mol. The number of hydrogen-bond acceptors (Lipinski definition) is 3. The molecule has 0 saturated carbocycles. The van der Waals surface area contributed by atoms with Crippen LogP contribution in [0.15, 0.2) is 54.7 Å². The van der Waals surface area contributed by atoms with Crippen LogP contribution in [0, 0.1) is 0 Å². The van der Waals surface area contributed by atoms with Crippen molar-refractivity contribution in [2.24, 2.45) is 7.05 Å². The van der Waals surface area contributed by atoms with Crippen LogP contribution in [0.3, 0.4) is 0 Å². The third-order valence-corrected chi connectivity index (χ3v) is 5.95. The molecule has 5 rings (SSSR count). The molecule has 29 heavy (non-hydrogen) atoms. The summed E-state index contributed by atoms with van der Waals surface area (Å²) in [6.07, 6.45) is 2.08. The largest absolute Gasteiger partial charge is 0.378 e. The van der Waals surface area contributed by atoms with Crippen molar-refractivity contribution >= 4 is 22.7 Å². The Morgan fingerprint density at radius 3 is 2.59 bits per heavy atom. The molecule has 1 fully saturated rings. The number of morpholine rings is 1. The minimum Gasteiger partial charge on any atom is -0.378 e. The van der Waals surface area contributed by atoms with Crippen LogP contribution < -0.4 is 0 Å². The lowest BCUT2D eigenvalue weighted by molar-refractivity contribution is -0.136. The summed E-state index contributed by atoms with van der Waals surface area (Å²) in [6.45, 7) is 2.32. The van der Waals surface area contributed by atoms with Crippen LogP contribution in [0.25, 0.3) is 10.9 Å². The summed E-state index contributed by atoms with van der Waals surface area (Å²) in [5, 5.41) is 1.10. The van der Waals surface area contributed by atoms with Gasteiger partial charge in [0.25, 0.3) is 5.91 Å². The molecule has 2 amide bonds. The zero-order valence-electron chi connectivity index (χ0n) is 16.4. The average Bonchev–Trinajstić information content (AvgIpc) is 3.23. The smallest absolute Gasteiger partial charge is 0.255 e. The SMILES string of the molecule is Cn1cc([C@H]2c3ccccc3C(=O)N2CC(=O)N2CCOCC2)c2ccccc21. The van der Waals surface area contributed by atoms with E-state index >= 15 is 0 Å². The van der Waals surface area contributed by atoms with Crippen LogP contribution in [0.5, 0.6) is 0 Å². The van der Waals surface area contributed by atoms with E-state index in [1.54, 1.807) is 9.80 Å². The van der Waals surface area contributed by atoms with E-state index in [9.17, 15) is 9.59 Å². The van der Waals surface area contributed by atoms with Gasteiger partial charge in [0.15, 0.2) is 0 Å². The van der Waals surface area contributed by atoms with Gasteiger partial charge in [-0.3, -0.25) is 9.59 Å². The molecule has 6 nitrogen and oxygen atoms in total. The summed E-state index contributed by atoms with van der Waals surface area (Å²) in [7, 11) is 2.01. The van der Waals surface area contributed by atoms with Crippen molar-refractivity contribution in [1.82, 2.24) is 14.4 Å². The normalized spacial score (nSPS) is 19.1. The highest BCUT2D eigenvalue weighted by Gasteiger charge is 2.40. The van der Waals surface area contributed by atoms with E-state index < -0.39 is 0 Å². The second-order valence-electron chi connectivity index (χ2n) is 7.63. The number of para-hydroxylation sites is 1. The number of hydrogen-bond donors (Lipinski definition) is 0. The third-order valence-electron chi connectivity index (χ3n) is 5.95. The molecule has 0 bridgehead atoms. The minimum atomic E-state index is -0.269. The van der Waals surface area contributed by atoms with E-state index in [1.165, 1.54) is 0 Å². The molecule has 1 aromatic heterocycles. The molecule has 0 aliphatic carbocycles. The van der Waals surface area contributed by atoms with Gasteiger partial charge in [-0.1, -0.05) is 36.4 Å². The van der Waals surface area contributed by atoms with Crippen LogP contribution in [0.1, 0.15) is 27.5 Å². The summed E-state index contributed by atoms with van der Waals surface area (Å²) >= 11 is 0. The molecule has 3 aromatic rings. The summed E-state index contributed by atoms with van der Waals surface area (Å²) in [5.41, 5.74) is 3.80. The summed E-state index contributed by atoms with van der Waals surface area (Å²) in [6, 6.07) is 15.6. The van der Waals surface area contributed by atoms with Crippen LogP contribution in [0.4, 0.5) is 0 Å².